The molecule has 0 fully saturated rings. The zero-order chi connectivity index (χ0) is 13.0. The lowest BCUT2D eigenvalue weighted by Gasteiger charge is -2.06. The van der Waals surface area contributed by atoms with Crippen LogP contribution < -0.4 is 4.74 Å². The fourth-order valence-electron chi connectivity index (χ4n) is 1.83. The second-order valence-electron chi connectivity index (χ2n) is 4.65. The molecule has 2 rings (SSSR count). The van der Waals surface area contributed by atoms with E-state index in [0.29, 0.717) is 6.61 Å². The monoisotopic (exact) mass is 244 g/mol. The summed E-state index contributed by atoms with van der Waals surface area (Å²) < 4.78 is 7.64. The van der Waals surface area contributed by atoms with Crippen molar-refractivity contribution in [3.63, 3.8) is 0 Å². The van der Waals surface area contributed by atoms with Crippen molar-refractivity contribution in [2.45, 2.75) is 40.3 Å². The third-order valence-electron chi connectivity index (χ3n) is 3.04. The van der Waals surface area contributed by atoms with Crippen molar-refractivity contribution in [3.8, 4) is 5.75 Å². The van der Waals surface area contributed by atoms with Crippen LogP contribution in [-0.4, -0.2) is 9.78 Å². The molecule has 18 heavy (non-hydrogen) atoms. The molecule has 0 atom stereocenters. The number of hydrogen-bond acceptors (Lipinski definition) is 2. The third-order valence-corrected chi connectivity index (χ3v) is 3.04. The Bertz CT molecular complexity index is 517. The highest BCUT2D eigenvalue weighted by Crippen LogP contribution is 2.14. The van der Waals surface area contributed by atoms with Crippen molar-refractivity contribution < 1.29 is 4.74 Å². The van der Waals surface area contributed by atoms with Gasteiger partial charge in [0.05, 0.1) is 12.4 Å². The van der Waals surface area contributed by atoms with Crippen LogP contribution >= 0.6 is 0 Å². The quantitative estimate of drug-likeness (QED) is 0.805. The molecule has 0 radical (unpaired) electrons. The van der Waals surface area contributed by atoms with Crippen molar-refractivity contribution in [1.29, 1.82) is 0 Å². The van der Waals surface area contributed by atoms with Gasteiger partial charge in [-0.2, -0.15) is 5.10 Å². The lowest BCUT2D eigenvalue weighted by Crippen LogP contribution is -1.97. The third kappa shape index (κ3) is 3.13. The Morgan fingerprint density at radius 3 is 2.78 bits per heavy atom. The largest absolute Gasteiger partial charge is 0.486 e. The minimum Gasteiger partial charge on any atom is -0.486 e. The molecule has 0 spiro atoms. The van der Waals surface area contributed by atoms with Gasteiger partial charge < -0.3 is 4.74 Å². The molecule has 2 aromatic rings. The molecule has 1 aromatic heterocycles. The van der Waals surface area contributed by atoms with Gasteiger partial charge in [0.25, 0.3) is 0 Å². The van der Waals surface area contributed by atoms with E-state index < -0.39 is 0 Å². The van der Waals surface area contributed by atoms with Crippen molar-refractivity contribution in [1.82, 2.24) is 9.78 Å². The van der Waals surface area contributed by atoms with Gasteiger partial charge in [0.1, 0.15) is 6.61 Å². The molecule has 1 heterocycles. The first-order valence-corrected chi connectivity index (χ1v) is 6.40. The van der Waals surface area contributed by atoms with Crippen LogP contribution in [-0.2, 0) is 13.2 Å². The summed E-state index contributed by atoms with van der Waals surface area (Å²) in [5.41, 5.74) is 3.81. The van der Waals surface area contributed by atoms with Crippen LogP contribution in [0.3, 0.4) is 0 Å². The van der Waals surface area contributed by atoms with Gasteiger partial charge in [0.15, 0.2) is 5.75 Å². The molecule has 0 saturated heterocycles. The number of aryl methyl sites for hydroxylation is 3. The summed E-state index contributed by atoms with van der Waals surface area (Å²) in [6.07, 6.45) is 4.81. The van der Waals surface area contributed by atoms with Gasteiger partial charge in [-0.15, -0.1) is 0 Å². The minimum absolute atomic E-state index is 0.596. The minimum atomic E-state index is 0.596. The van der Waals surface area contributed by atoms with Crippen molar-refractivity contribution in [3.05, 3.63) is 47.3 Å². The zero-order valence-corrected chi connectivity index (χ0v) is 11.3. The molecular formula is C15H20N2O. The number of ether oxygens (including phenoxy) is 1. The highest BCUT2D eigenvalue weighted by Gasteiger charge is 2.01. The van der Waals surface area contributed by atoms with Gasteiger partial charge >= 0.3 is 0 Å². The van der Waals surface area contributed by atoms with Gasteiger partial charge in [-0.25, -0.2) is 0 Å². The van der Waals surface area contributed by atoms with Crippen molar-refractivity contribution in [2.75, 3.05) is 0 Å². The summed E-state index contributed by atoms with van der Waals surface area (Å²) in [7, 11) is 0. The Kier molecular flexibility index (Phi) is 4.03. The average Bonchev–Trinajstić information content (AvgIpc) is 2.79. The first-order valence-electron chi connectivity index (χ1n) is 6.40. The Balaban J connectivity index is 1.95. The second-order valence-corrected chi connectivity index (χ2v) is 4.65. The molecule has 0 saturated carbocycles. The molecule has 3 heteroatoms. The van der Waals surface area contributed by atoms with E-state index in [0.717, 1.165) is 18.7 Å². The summed E-state index contributed by atoms with van der Waals surface area (Å²) in [6, 6.07) is 6.42. The zero-order valence-electron chi connectivity index (χ0n) is 11.3. The molecule has 0 amide bonds. The van der Waals surface area contributed by atoms with Gasteiger partial charge in [-0.05, 0) is 37.0 Å². The van der Waals surface area contributed by atoms with Crippen LogP contribution in [0, 0.1) is 13.8 Å². The predicted octanol–water partition coefficient (Wildman–Crippen LogP) is 3.49. The molecule has 0 N–H and O–H groups in total. The predicted molar refractivity (Wildman–Crippen MR) is 72.8 cm³/mol. The Labute approximate surface area is 108 Å². The maximum absolute atomic E-state index is 5.73. The molecule has 96 valence electrons. The Morgan fingerprint density at radius 1 is 1.22 bits per heavy atom. The molecule has 0 bridgehead atoms. The molecule has 0 aliphatic rings. The Morgan fingerprint density at radius 2 is 2.06 bits per heavy atom. The number of benzene rings is 1. The highest BCUT2D eigenvalue weighted by atomic mass is 16.5. The van der Waals surface area contributed by atoms with Gasteiger partial charge in [-0.3, -0.25) is 4.68 Å². The van der Waals surface area contributed by atoms with Crippen LogP contribution in [0.15, 0.2) is 30.6 Å². The van der Waals surface area contributed by atoms with Gasteiger partial charge in [-0.1, -0.05) is 25.1 Å². The summed E-state index contributed by atoms with van der Waals surface area (Å²) >= 11 is 0. The smallest absolute Gasteiger partial charge is 0.157 e. The van der Waals surface area contributed by atoms with Crippen LogP contribution in [0.2, 0.25) is 0 Å². The normalized spacial score (nSPS) is 10.6. The van der Waals surface area contributed by atoms with E-state index in [-0.39, 0.29) is 0 Å². The van der Waals surface area contributed by atoms with E-state index >= 15 is 0 Å². The SMILES string of the molecule is CCCn1cc(OCc2ccc(C)c(C)c2)cn1. The van der Waals surface area contributed by atoms with E-state index in [1.54, 1.807) is 6.20 Å². The molecule has 3 nitrogen and oxygen atoms in total. The first-order chi connectivity index (χ1) is 8.69. The van der Waals surface area contributed by atoms with E-state index in [1.165, 1.54) is 16.7 Å². The molecule has 0 aliphatic heterocycles. The van der Waals surface area contributed by atoms with Gasteiger partial charge in [0, 0.05) is 6.54 Å². The number of nitrogens with zero attached hydrogens (tertiary/aromatic N) is 2. The first kappa shape index (κ1) is 12.7. The molecule has 0 unspecified atom stereocenters. The maximum Gasteiger partial charge on any atom is 0.157 e. The maximum atomic E-state index is 5.73. The molecule has 1 aromatic carbocycles. The summed E-state index contributed by atoms with van der Waals surface area (Å²) in [6.45, 7) is 7.91. The standard InChI is InChI=1S/C15H20N2O/c1-4-7-17-10-15(9-16-17)18-11-14-6-5-12(2)13(3)8-14/h5-6,8-10H,4,7,11H2,1-3H3. The van der Waals surface area contributed by atoms with E-state index in [4.69, 9.17) is 4.74 Å². The van der Waals surface area contributed by atoms with E-state index in [1.807, 2.05) is 10.9 Å². The number of hydrogen-bond donors (Lipinski definition) is 0. The van der Waals surface area contributed by atoms with Crippen LogP contribution in [0.1, 0.15) is 30.0 Å². The number of rotatable bonds is 5. The van der Waals surface area contributed by atoms with Crippen LogP contribution in [0.25, 0.3) is 0 Å². The highest BCUT2D eigenvalue weighted by molar-refractivity contribution is 5.29. The van der Waals surface area contributed by atoms with Crippen LogP contribution in [0.4, 0.5) is 0 Å². The van der Waals surface area contributed by atoms with Crippen molar-refractivity contribution in [2.24, 2.45) is 0 Å². The summed E-state index contributed by atoms with van der Waals surface area (Å²) in [4.78, 5) is 0. The lowest BCUT2D eigenvalue weighted by atomic mass is 10.1. The topological polar surface area (TPSA) is 27.1 Å². The van der Waals surface area contributed by atoms with E-state index in [2.05, 4.69) is 44.1 Å². The average molecular weight is 244 g/mol. The summed E-state index contributed by atoms with van der Waals surface area (Å²) in [5.74, 6) is 0.835. The Hall–Kier alpha value is -1.77. The lowest BCUT2D eigenvalue weighted by molar-refractivity contribution is 0.305. The molecule has 0 aliphatic carbocycles. The van der Waals surface area contributed by atoms with Crippen molar-refractivity contribution >= 4 is 0 Å². The second kappa shape index (κ2) is 5.71. The number of aromatic nitrogens is 2. The summed E-state index contributed by atoms with van der Waals surface area (Å²) in [5, 5.41) is 4.24. The van der Waals surface area contributed by atoms with E-state index in [9.17, 15) is 0 Å². The van der Waals surface area contributed by atoms with Crippen LogP contribution in [0.5, 0.6) is 5.75 Å². The molecular weight excluding hydrogens is 224 g/mol. The fraction of sp³-hybridized carbons (Fsp3) is 0.400. The fourth-order valence-corrected chi connectivity index (χ4v) is 1.83. The van der Waals surface area contributed by atoms with Gasteiger partial charge in [0.2, 0.25) is 0 Å².